The molecule has 1 aliphatic rings. The number of fused-ring (bicyclic) bond motifs is 1. The van der Waals surface area contributed by atoms with Crippen LogP contribution in [0.25, 0.3) is 11.2 Å². The van der Waals surface area contributed by atoms with E-state index in [-0.39, 0.29) is 30.9 Å². The lowest BCUT2D eigenvalue weighted by Crippen LogP contribution is -2.16. The Balaban J connectivity index is 1.82. The zero-order chi connectivity index (χ0) is 17.8. The lowest BCUT2D eigenvalue weighted by Gasteiger charge is -2.12. The Morgan fingerprint density at radius 2 is 2.32 bits per heavy atom. The van der Waals surface area contributed by atoms with Gasteiger partial charge in [0.2, 0.25) is 11.9 Å². The van der Waals surface area contributed by atoms with Crippen molar-refractivity contribution in [2.24, 2.45) is 0 Å². The number of imidazole rings is 1. The summed E-state index contributed by atoms with van der Waals surface area (Å²) in [6, 6.07) is 0. The molecule has 3 heterocycles. The monoisotopic (exact) mass is 350 g/mol. The molecule has 10 heteroatoms. The van der Waals surface area contributed by atoms with E-state index in [0.29, 0.717) is 17.6 Å². The number of carbonyl (C=O) groups is 1. The van der Waals surface area contributed by atoms with Gasteiger partial charge in [-0.3, -0.25) is 9.36 Å². The van der Waals surface area contributed by atoms with Crippen molar-refractivity contribution in [2.75, 3.05) is 24.3 Å². The normalized spacial score (nSPS) is 20.2. The molecule has 0 aliphatic carbocycles. The number of nitrogens with zero attached hydrogens (tertiary/aromatic N) is 4. The van der Waals surface area contributed by atoms with Crippen LogP contribution in [0.3, 0.4) is 0 Å². The molecule has 0 unspecified atom stereocenters. The van der Waals surface area contributed by atoms with Gasteiger partial charge in [0, 0.05) is 6.42 Å². The molecule has 0 aromatic carbocycles. The van der Waals surface area contributed by atoms with Crippen LogP contribution in [-0.4, -0.2) is 50.0 Å². The minimum atomic E-state index is -0.681. The average Bonchev–Trinajstić information content (AvgIpc) is 3.21. The molecule has 1 aliphatic heterocycles. The highest BCUT2D eigenvalue weighted by molar-refractivity contribution is 5.97. The van der Waals surface area contributed by atoms with Crippen molar-refractivity contribution in [2.45, 2.75) is 45.1 Å². The number of aliphatic hydroxyl groups is 1. The number of ether oxygens (including phenoxy) is 2. The summed E-state index contributed by atoms with van der Waals surface area (Å²) in [4.78, 5) is 24.6. The molecule has 2 aromatic rings. The van der Waals surface area contributed by atoms with Crippen LogP contribution in [0.5, 0.6) is 0 Å². The van der Waals surface area contributed by atoms with Gasteiger partial charge in [-0.05, 0) is 6.42 Å². The number of anilines is 2. The third kappa shape index (κ3) is 3.86. The zero-order valence-corrected chi connectivity index (χ0v) is 14.0. The van der Waals surface area contributed by atoms with Crippen molar-refractivity contribution in [3.05, 3.63) is 6.33 Å². The van der Waals surface area contributed by atoms with E-state index in [1.807, 2.05) is 0 Å². The second-order valence-electron chi connectivity index (χ2n) is 5.80. The number of carbonyl (C=O) groups excluding carboxylic acids is 1. The van der Waals surface area contributed by atoms with E-state index in [2.05, 4.69) is 27.2 Å². The standard InChI is InChI=1S/C15H22N6O4/c1-2-3-4-5-9(23)18-13-12-14(20-15(16)19-13)21(8-17-12)10-7-24-11(6-22)25-10/h8,10-11,22H,2-7H2,1H3,(H3,16,18,19,20,23)/t10-,11-/m1/s1. The van der Waals surface area contributed by atoms with Crippen molar-refractivity contribution in [3.8, 4) is 0 Å². The van der Waals surface area contributed by atoms with Crippen molar-refractivity contribution in [3.63, 3.8) is 0 Å². The Hall–Kier alpha value is -2.30. The molecular formula is C15H22N6O4. The predicted molar refractivity (Wildman–Crippen MR) is 89.5 cm³/mol. The number of unbranched alkanes of at least 4 members (excludes halogenated alkanes) is 2. The van der Waals surface area contributed by atoms with E-state index >= 15 is 0 Å². The summed E-state index contributed by atoms with van der Waals surface area (Å²) in [6.45, 7) is 2.09. The fraction of sp³-hybridized carbons (Fsp3) is 0.600. The number of nitrogens with one attached hydrogen (secondary N) is 1. The summed E-state index contributed by atoms with van der Waals surface area (Å²) in [5, 5.41) is 11.9. The van der Waals surface area contributed by atoms with Crippen LogP contribution in [0.1, 0.15) is 38.8 Å². The molecule has 10 nitrogen and oxygen atoms in total. The SMILES string of the molecule is CCCCCC(=O)Nc1nc(N)nc2c1ncn2[C@H]1CO[C@@H](CO)O1. The van der Waals surface area contributed by atoms with Gasteiger partial charge in [0.15, 0.2) is 29.5 Å². The van der Waals surface area contributed by atoms with Gasteiger partial charge in [0.1, 0.15) is 0 Å². The molecule has 1 amide bonds. The largest absolute Gasteiger partial charge is 0.391 e. The van der Waals surface area contributed by atoms with Crippen LogP contribution in [0.2, 0.25) is 0 Å². The van der Waals surface area contributed by atoms with E-state index in [9.17, 15) is 4.79 Å². The number of amides is 1. The summed E-state index contributed by atoms with van der Waals surface area (Å²) in [7, 11) is 0. The fourth-order valence-corrected chi connectivity index (χ4v) is 2.65. The van der Waals surface area contributed by atoms with Crippen LogP contribution in [0.15, 0.2) is 6.33 Å². The smallest absolute Gasteiger partial charge is 0.225 e. The molecule has 2 aromatic heterocycles. The molecule has 1 fully saturated rings. The van der Waals surface area contributed by atoms with Gasteiger partial charge < -0.3 is 25.6 Å². The summed E-state index contributed by atoms with van der Waals surface area (Å²) in [5.74, 6) is 0.166. The second-order valence-corrected chi connectivity index (χ2v) is 5.80. The van der Waals surface area contributed by atoms with E-state index in [0.717, 1.165) is 19.3 Å². The fourth-order valence-electron chi connectivity index (χ4n) is 2.65. The lowest BCUT2D eigenvalue weighted by molar-refractivity contribution is -0.116. The Kier molecular flexibility index (Phi) is 5.41. The molecule has 0 saturated carbocycles. The van der Waals surface area contributed by atoms with Gasteiger partial charge in [-0.2, -0.15) is 9.97 Å². The number of aliphatic hydroxyl groups excluding tert-OH is 1. The first-order valence-corrected chi connectivity index (χ1v) is 8.30. The summed E-state index contributed by atoms with van der Waals surface area (Å²) >= 11 is 0. The minimum Gasteiger partial charge on any atom is -0.391 e. The number of rotatable bonds is 7. The first-order valence-electron chi connectivity index (χ1n) is 8.30. The molecule has 0 spiro atoms. The van der Waals surface area contributed by atoms with Gasteiger partial charge in [-0.1, -0.05) is 19.8 Å². The zero-order valence-electron chi connectivity index (χ0n) is 14.0. The topological polar surface area (TPSA) is 137 Å². The average molecular weight is 350 g/mol. The Morgan fingerprint density at radius 3 is 3.04 bits per heavy atom. The summed E-state index contributed by atoms with van der Waals surface area (Å²) in [6.07, 6.45) is 3.63. The minimum absolute atomic E-state index is 0.0238. The van der Waals surface area contributed by atoms with E-state index < -0.39 is 12.5 Å². The molecule has 3 rings (SSSR count). The molecular weight excluding hydrogens is 328 g/mol. The Morgan fingerprint density at radius 1 is 1.48 bits per heavy atom. The maximum absolute atomic E-state index is 12.1. The second kappa shape index (κ2) is 7.72. The third-order valence-electron chi connectivity index (χ3n) is 3.90. The maximum Gasteiger partial charge on any atom is 0.225 e. The number of hydrogen-bond acceptors (Lipinski definition) is 8. The molecule has 136 valence electrons. The van der Waals surface area contributed by atoms with Crippen molar-refractivity contribution >= 4 is 28.8 Å². The van der Waals surface area contributed by atoms with Crippen molar-refractivity contribution in [1.29, 1.82) is 0 Å². The van der Waals surface area contributed by atoms with Gasteiger partial charge in [-0.15, -0.1) is 0 Å². The predicted octanol–water partition coefficient (Wildman–Crippen LogP) is 0.791. The van der Waals surface area contributed by atoms with Gasteiger partial charge in [0.05, 0.1) is 19.5 Å². The van der Waals surface area contributed by atoms with Gasteiger partial charge >= 0.3 is 0 Å². The quantitative estimate of drug-likeness (QED) is 0.623. The van der Waals surface area contributed by atoms with Gasteiger partial charge in [-0.25, -0.2) is 4.98 Å². The highest BCUT2D eigenvalue weighted by atomic mass is 16.7. The van der Waals surface area contributed by atoms with Crippen LogP contribution in [0, 0.1) is 0 Å². The third-order valence-corrected chi connectivity index (χ3v) is 3.90. The van der Waals surface area contributed by atoms with Crippen molar-refractivity contribution in [1.82, 2.24) is 19.5 Å². The van der Waals surface area contributed by atoms with Crippen LogP contribution in [-0.2, 0) is 14.3 Å². The molecule has 0 bridgehead atoms. The number of aromatic nitrogens is 4. The van der Waals surface area contributed by atoms with E-state index in [1.165, 1.54) is 6.33 Å². The Bertz CT molecular complexity index is 749. The first-order chi connectivity index (χ1) is 12.1. The first kappa shape index (κ1) is 17.5. The molecule has 1 saturated heterocycles. The highest BCUT2D eigenvalue weighted by Crippen LogP contribution is 2.27. The van der Waals surface area contributed by atoms with Gasteiger partial charge in [0.25, 0.3) is 0 Å². The maximum atomic E-state index is 12.1. The molecule has 25 heavy (non-hydrogen) atoms. The van der Waals surface area contributed by atoms with Crippen LogP contribution >= 0.6 is 0 Å². The lowest BCUT2D eigenvalue weighted by atomic mass is 10.2. The Labute approximate surface area is 144 Å². The number of hydrogen-bond donors (Lipinski definition) is 3. The van der Waals surface area contributed by atoms with E-state index in [4.69, 9.17) is 20.3 Å². The number of nitrogens with two attached hydrogens (primary N) is 1. The number of nitrogen functional groups attached to an aromatic ring is 1. The molecule has 4 N–H and O–H groups in total. The van der Waals surface area contributed by atoms with E-state index in [1.54, 1.807) is 4.57 Å². The molecule has 0 radical (unpaired) electrons. The van der Waals surface area contributed by atoms with Crippen LogP contribution in [0.4, 0.5) is 11.8 Å². The van der Waals surface area contributed by atoms with Crippen molar-refractivity contribution < 1.29 is 19.4 Å². The summed E-state index contributed by atoms with van der Waals surface area (Å²) in [5.41, 5.74) is 6.63. The highest BCUT2D eigenvalue weighted by Gasteiger charge is 2.29. The summed E-state index contributed by atoms with van der Waals surface area (Å²) < 4.78 is 12.5. The van der Waals surface area contributed by atoms with Crippen LogP contribution < -0.4 is 11.1 Å². The molecule has 2 atom stereocenters.